The van der Waals surface area contributed by atoms with E-state index in [9.17, 15) is 0 Å². The Kier molecular flexibility index (Phi) is 4.79. The summed E-state index contributed by atoms with van der Waals surface area (Å²) in [6.07, 6.45) is 4.50. The van der Waals surface area contributed by atoms with Gasteiger partial charge in [-0.1, -0.05) is 17.8 Å². The van der Waals surface area contributed by atoms with Gasteiger partial charge in [0.15, 0.2) is 0 Å². The molecule has 0 saturated heterocycles. The number of rotatable bonds is 5. The van der Waals surface area contributed by atoms with E-state index >= 15 is 0 Å². The zero-order valence-corrected chi connectivity index (χ0v) is 12.5. The van der Waals surface area contributed by atoms with Crippen LogP contribution in [0.25, 0.3) is 0 Å². The van der Waals surface area contributed by atoms with Gasteiger partial charge in [0.1, 0.15) is 0 Å². The molecule has 0 aliphatic heterocycles. The molecule has 2 heterocycles. The van der Waals surface area contributed by atoms with E-state index < -0.39 is 0 Å². The molecule has 0 fully saturated rings. The molecule has 2 rings (SSSR count). The van der Waals surface area contributed by atoms with E-state index in [0.29, 0.717) is 6.42 Å². The average molecular weight is 327 g/mol. The zero-order valence-electron chi connectivity index (χ0n) is 10.1. The van der Waals surface area contributed by atoms with Crippen LogP contribution in [0, 0.1) is 0 Å². The maximum atomic E-state index is 6.22. The van der Waals surface area contributed by atoms with E-state index in [1.165, 1.54) is 11.5 Å². The van der Waals surface area contributed by atoms with Gasteiger partial charge in [0.05, 0.1) is 10.6 Å². The van der Waals surface area contributed by atoms with Gasteiger partial charge < -0.3 is 5.73 Å². The molecule has 0 bridgehead atoms. The van der Waals surface area contributed by atoms with Crippen LogP contribution in [0.4, 0.5) is 0 Å². The van der Waals surface area contributed by atoms with Crippen LogP contribution in [-0.4, -0.2) is 14.6 Å². The van der Waals surface area contributed by atoms with Gasteiger partial charge in [0, 0.05) is 28.8 Å². The minimum absolute atomic E-state index is 0.0692. The summed E-state index contributed by atoms with van der Waals surface area (Å²) >= 11 is 4.77. The number of aromatic nitrogens is 3. The summed E-state index contributed by atoms with van der Waals surface area (Å²) in [5, 5.41) is 4.14. The second-order valence-electron chi connectivity index (χ2n) is 4.11. The number of nitrogens with two attached hydrogens (primary N) is 1. The Balaban J connectivity index is 2.09. The Hall–Kier alpha value is -0.850. The fourth-order valence-corrected chi connectivity index (χ4v) is 2.68. The first-order valence-corrected chi connectivity index (χ1v) is 7.44. The number of hydrogen-bond donors (Lipinski definition) is 1. The van der Waals surface area contributed by atoms with E-state index in [1.807, 2.05) is 12.1 Å². The van der Waals surface area contributed by atoms with Crippen molar-refractivity contribution in [2.45, 2.75) is 32.2 Å². The summed E-state index contributed by atoms with van der Waals surface area (Å²) in [6, 6.07) is 3.89. The van der Waals surface area contributed by atoms with Gasteiger partial charge in [-0.05, 0) is 46.0 Å². The van der Waals surface area contributed by atoms with Crippen LogP contribution >= 0.6 is 27.5 Å². The molecule has 2 aromatic heterocycles. The quantitative estimate of drug-likeness (QED) is 0.917. The van der Waals surface area contributed by atoms with Crippen molar-refractivity contribution in [3.63, 3.8) is 0 Å². The largest absolute Gasteiger partial charge is 0.323 e. The maximum absolute atomic E-state index is 6.22. The zero-order chi connectivity index (χ0) is 13.0. The summed E-state index contributed by atoms with van der Waals surface area (Å²) in [7, 11) is 0. The van der Waals surface area contributed by atoms with Crippen molar-refractivity contribution in [3.05, 3.63) is 39.1 Å². The normalized spacial score (nSPS) is 12.6. The number of hydrogen-bond acceptors (Lipinski definition) is 5. The van der Waals surface area contributed by atoms with E-state index in [-0.39, 0.29) is 6.04 Å². The molecule has 96 valence electrons. The lowest BCUT2D eigenvalue weighted by Gasteiger charge is -2.10. The van der Waals surface area contributed by atoms with Gasteiger partial charge in [-0.3, -0.25) is 4.98 Å². The van der Waals surface area contributed by atoms with E-state index in [4.69, 9.17) is 5.73 Å². The standard InChI is InChI=1S/C12H15BrN4S/c1-2-3-11-12(18-17-16-11)10(14)6-9-5-4-8(13)7-15-9/h4-5,7,10H,2-3,6,14H2,1H3. The number of aryl methyl sites for hydroxylation is 1. The Morgan fingerprint density at radius 2 is 2.28 bits per heavy atom. The third-order valence-corrected chi connectivity index (χ3v) is 3.99. The SMILES string of the molecule is CCCc1nnsc1C(N)Cc1ccc(Br)cn1. The molecular weight excluding hydrogens is 312 g/mol. The summed E-state index contributed by atoms with van der Waals surface area (Å²) in [5.41, 5.74) is 8.24. The van der Waals surface area contributed by atoms with Crippen molar-refractivity contribution >= 4 is 27.5 Å². The van der Waals surface area contributed by atoms with Crippen molar-refractivity contribution in [2.24, 2.45) is 5.73 Å². The van der Waals surface area contributed by atoms with Gasteiger partial charge >= 0.3 is 0 Å². The average Bonchev–Trinajstić information content (AvgIpc) is 2.81. The smallest absolute Gasteiger partial charge is 0.0803 e. The minimum Gasteiger partial charge on any atom is -0.323 e. The minimum atomic E-state index is -0.0692. The molecule has 0 aliphatic rings. The molecule has 18 heavy (non-hydrogen) atoms. The molecule has 1 atom stereocenters. The fourth-order valence-electron chi connectivity index (χ4n) is 1.75. The molecule has 0 saturated carbocycles. The summed E-state index contributed by atoms with van der Waals surface area (Å²) in [4.78, 5) is 5.43. The van der Waals surface area contributed by atoms with Gasteiger partial charge in [-0.15, -0.1) is 5.10 Å². The van der Waals surface area contributed by atoms with E-state index in [1.54, 1.807) is 6.20 Å². The summed E-state index contributed by atoms with van der Waals surface area (Å²) in [6.45, 7) is 2.13. The third-order valence-electron chi connectivity index (χ3n) is 2.63. The Bertz CT molecular complexity index is 497. The predicted molar refractivity (Wildman–Crippen MR) is 76.5 cm³/mol. The van der Waals surface area contributed by atoms with Crippen LogP contribution in [0.2, 0.25) is 0 Å². The molecule has 0 amide bonds. The van der Waals surface area contributed by atoms with Crippen molar-refractivity contribution in [3.8, 4) is 0 Å². The van der Waals surface area contributed by atoms with Crippen LogP contribution in [-0.2, 0) is 12.8 Å². The molecule has 2 N–H and O–H groups in total. The summed E-state index contributed by atoms with van der Waals surface area (Å²) < 4.78 is 4.98. The van der Waals surface area contributed by atoms with Crippen molar-refractivity contribution in [2.75, 3.05) is 0 Å². The molecule has 2 aromatic rings. The Morgan fingerprint density at radius 1 is 1.44 bits per heavy atom. The van der Waals surface area contributed by atoms with Crippen LogP contribution in [0.15, 0.2) is 22.8 Å². The molecular formula is C12H15BrN4S. The summed E-state index contributed by atoms with van der Waals surface area (Å²) in [5.74, 6) is 0. The highest BCUT2D eigenvalue weighted by Crippen LogP contribution is 2.22. The monoisotopic (exact) mass is 326 g/mol. The first-order valence-electron chi connectivity index (χ1n) is 5.87. The Labute approximate surface area is 119 Å². The van der Waals surface area contributed by atoms with Gasteiger partial charge in [-0.2, -0.15) is 0 Å². The van der Waals surface area contributed by atoms with E-state index in [0.717, 1.165) is 33.6 Å². The lowest BCUT2D eigenvalue weighted by atomic mass is 10.1. The van der Waals surface area contributed by atoms with Gasteiger partial charge in [0.2, 0.25) is 0 Å². The van der Waals surface area contributed by atoms with Crippen molar-refractivity contribution in [1.29, 1.82) is 0 Å². The molecule has 0 aliphatic carbocycles. The highest BCUT2D eigenvalue weighted by atomic mass is 79.9. The van der Waals surface area contributed by atoms with Crippen molar-refractivity contribution in [1.82, 2.24) is 14.6 Å². The molecule has 0 spiro atoms. The van der Waals surface area contributed by atoms with Crippen LogP contribution in [0.5, 0.6) is 0 Å². The molecule has 0 aromatic carbocycles. The lowest BCUT2D eigenvalue weighted by Crippen LogP contribution is -2.14. The number of nitrogens with zero attached hydrogens (tertiary/aromatic N) is 3. The predicted octanol–water partition coefficient (Wildman–Crippen LogP) is 2.89. The molecule has 1 unspecified atom stereocenters. The van der Waals surface area contributed by atoms with E-state index in [2.05, 4.69) is 37.4 Å². The molecule has 0 radical (unpaired) electrons. The topological polar surface area (TPSA) is 64.7 Å². The van der Waals surface area contributed by atoms with Crippen LogP contribution in [0.1, 0.15) is 35.7 Å². The molecule has 4 nitrogen and oxygen atoms in total. The fraction of sp³-hybridized carbons (Fsp3) is 0.417. The van der Waals surface area contributed by atoms with Crippen LogP contribution in [0.3, 0.4) is 0 Å². The van der Waals surface area contributed by atoms with Crippen LogP contribution < -0.4 is 5.73 Å². The first-order chi connectivity index (χ1) is 8.70. The molecule has 6 heteroatoms. The van der Waals surface area contributed by atoms with Crippen molar-refractivity contribution < 1.29 is 0 Å². The highest BCUT2D eigenvalue weighted by Gasteiger charge is 2.16. The number of pyridine rings is 1. The highest BCUT2D eigenvalue weighted by molar-refractivity contribution is 9.10. The Morgan fingerprint density at radius 3 is 2.94 bits per heavy atom. The lowest BCUT2D eigenvalue weighted by molar-refractivity contribution is 0.701. The van der Waals surface area contributed by atoms with Gasteiger partial charge in [0.25, 0.3) is 0 Å². The van der Waals surface area contributed by atoms with Gasteiger partial charge in [-0.25, -0.2) is 0 Å². The number of halogens is 1. The second-order valence-corrected chi connectivity index (χ2v) is 5.81. The third kappa shape index (κ3) is 3.34. The second kappa shape index (κ2) is 6.36. The maximum Gasteiger partial charge on any atom is 0.0803 e. The first kappa shape index (κ1) is 13.6.